The molecule has 0 spiro atoms. The summed E-state index contributed by atoms with van der Waals surface area (Å²) < 4.78 is 5.30. The van der Waals surface area contributed by atoms with Crippen molar-refractivity contribution in [1.82, 2.24) is 5.32 Å². The number of hydrogen-bond acceptors (Lipinski definition) is 2. The Hall–Kier alpha value is -0.0800. The van der Waals surface area contributed by atoms with E-state index in [2.05, 4.69) is 33.0 Å². The summed E-state index contributed by atoms with van der Waals surface area (Å²) in [5, 5.41) is 3.41. The molecule has 2 atom stereocenters. The van der Waals surface area contributed by atoms with Crippen LogP contribution >= 0.6 is 0 Å². The minimum Gasteiger partial charge on any atom is -0.382 e. The lowest BCUT2D eigenvalue weighted by Gasteiger charge is -2.30. The van der Waals surface area contributed by atoms with Gasteiger partial charge in [0.05, 0.1) is 6.10 Å². The summed E-state index contributed by atoms with van der Waals surface area (Å²) >= 11 is 0. The Kier molecular flexibility index (Phi) is 6.35. The van der Waals surface area contributed by atoms with Crippen molar-refractivity contribution in [2.45, 2.75) is 46.6 Å². The molecule has 0 rings (SSSR count). The molecule has 80 valence electrons. The standard InChI is InChI=1S/C11H25NO/c1-6-11(4,9-12-7-2)8-10(3)13-5/h10,12H,6-9H2,1-5H3. The molecule has 0 aliphatic heterocycles. The summed E-state index contributed by atoms with van der Waals surface area (Å²) in [5.41, 5.74) is 0.380. The highest BCUT2D eigenvalue weighted by Gasteiger charge is 2.23. The van der Waals surface area contributed by atoms with Crippen LogP contribution in [0.3, 0.4) is 0 Å². The van der Waals surface area contributed by atoms with Crippen molar-refractivity contribution in [2.24, 2.45) is 5.41 Å². The Labute approximate surface area is 83.1 Å². The lowest BCUT2D eigenvalue weighted by atomic mass is 9.82. The molecule has 0 aromatic carbocycles. The van der Waals surface area contributed by atoms with Gasteiger partial charge in [0, 0.05) is 13.7 Å². The number of rotatable bonds is 7. The molecule has 0 heterocycles. The summed E-state index contributed by atoms with van der Waals surface area (Å²) in [6.45, 7) is 11.0. The zero-order chi connectivity index (χ0) is 10.3. The molecule has 1 N–H and O–H groups in total. The summed E-state index contributed by atoms with van der Waals surface area (Å²) in [6, 6.07) is 0. The van der Waals surface area contributed by atoms with Gasteiger partial charge in [-0.05, 0) is 31.7 Å². The molecule has 2 heteroatoms. The van der Waals surface area contributed by atoms with Gasteiger partial charge in [0.25, 0.3) is 0 Å². The molecule has 0 radical (unpaired) electrons. The van der Waals surface area contributed by atoms with Crippen LogP contribution in [0.15, 0.2) is 0 Å². The first-order chi connectivity index (χ1) is 6.08. The second-order valence-corrected chi connectivity index (χ2v) is 4.19. The third-order valence-corrected chi connectivity index (χ3v) is 2.84. The smallest absolute Gasteiger partial charge is 0.0548 e. The van der Waals surface area contributed by atoms with Gasteiger partial charge in [-0.25, -0.2) is 0 Å². The van der Waals surface area contributed by atoms with Crippen LogP contribution in [-0.2, 0) is 4.74 Å². The summed E-state index contributed by atoms with van der Waals surface area (Å²) in [5.74, 6) is 0. The molecule has 0 aliphatic rings. The molecule has 0 saturated heterocycles. The summed E-state index contributed by atoms with van der Waals surface area (Å²) in [6.07, 6.45) is 2.70. The van der Waals surface area contributed by atoms with Crippen LogP contribution in [0.2, 0.25) is 0 Å². The molecule has 0 aliphatic carbocycles. The Morgan fingerprint density at radius 2 is 2.00 bits per heavy atom. The first kappa shape index (κ1) is 12.9. The lowest BCUT2D eigenvalue weighted by Crippen LogP contribution is -2.34. The maximum absolute atomic E-state index is 5.30. The highest BCUT2D eigenvalue weighted by molar-refractivity contribution is 4.77. The highest BCUT2D eigenvalue weighted by Crippen LogP contribution is 2.27. The van der Waals surface area contributed by atoms with Gasteiger partial charge >= 0.3 is 0 Å². The molecule has 2 nitrogen and oxygen atoms in total. The number of ether oxygens (including phenoxy) is 1. The first-order valence-electron chi connectivity index (χ1n) is 5.31. The molecular formula is C11H25NO. The number of methoxy groups -OCH3 is 1. The average molecular weight is 187 g/mol. The topological polar surface area (TPSA) is 21.3 Å². The maximum Gasteiger partial charge on any atom is 0.0548 e. The molecule has 0 saturated carbocycles. The highest BCUT2D eigenvalue weighted by atomic mass is 16.5. The van der Waals surface area contributed by atoms with E-state index in [0.717, 1.165) is 19.5 Å². The minimum absolute atomic E-state index is 0.364. The summed E-state index contributed by atoms with van der Waals surface area (Å²) in [4.78, 5) is 0. The van der Waals surface area contributed by atoms with Crippen molar-refractivity contribution in [3.63, 3.8) is 0 Å². The zero-order valence-electron chi connectivity index (χ0n) is 9.81. The lowest BCUT2D eigenvalue weighted by molar-refractivity contribution is 0.0680. The van der Waals surface area contributed by atoms with E-state index in [1.54, 1.807) is 7.11 Å². The van der Waals surface area contributed by atoms with Crippen molar-refractivity contribution in [3.05, 3.63) is 0 Å². The Bertz CT molecular complexity index is 127. The van der Waals surface area contributed by atoms with Gasteiger partial charge < -0.3 is 10.1 Å². The average Bonchev–Trinajstić information content (AvgIpc) is 2.14. The van der Waals surface area contributed by atoms with Crippen molar-refractivity contribution >= 4 is 0 Å². The van der Waals surface area contributed by atoms with E-state index in [1.807, 2.05) is 0 Å². The predicted octanol–water partition coefficient (Wildman–Crippen LogP) is 2.44. The van der Waals surface area contributed by atoms with Crippen LogP contribution in [0.5, 0.6) is 0 Å². The van der Waals surface area contributed by atoms with Crippen LogP contribution in [0.25, 0.3) is 0 Å². The Morgan fingerprint density at radius 1 is 1.38 bits per heavy atom. The van der Waals surface area contributed by atoms with Crippen molar-refractivity contribution in [2.75, 3.05) is 20.2 Å². The molecule has 0 aromatic rings. The first-order valence-corrected chi connectivity index (χ1v) is 5.31. The number of hydrogen-bond donors (Lipinski definition) is 1. The fourth-order valence-corrected chi connectivity index (χ4v) is 1.55. The number of nitrogens with one attached hydrogen (secondary N) is 1. The predicted molar refractivity (Wildman–Crippen MR) is 58.0 cm³/mol. The van der Waals surface area contributed by atoms with Crippen molar-refractivity contribution in [3.8, 4) is 0 Å². The molecule has 13 heavy (non-hydrogen) atoms. The largest absolute Gasteiger partial charge is 0.382 e. The maximum atomic E-state index is 5.30. The fourth-order valence-electron chi connectivity index (χ4n) is 1.55. The fraction of sp³-hybridized carbons (Fsp3) is 1.00. The van der Waals surface area contributed by atoms with E-state index in [4.69, 9.17) is 4.74 Å². The van der Waals surface area contributed by atoms with E-state index in [9.17, 15) is 0 Å². The van der Waals surface area contributed by atoms with Crippen LogP contribution in [-0.4, -0.2) is 26.3 Å². The van der Waals surface area contributed by atoms with Gasteiger partial charge in [0.1, 0.15) is 0 Å². The monoisotopic (exact) mass is 187 g/mol. The van der Waals surface area contributed by atoms with Gasteiger partial charge in [0.15, 0.2) is 0 Å². The zero-order valence-corrected chi connectivity index (χ0v) is 9.81. The summed E-state index contributed by atoms with van der Waals surface area (Å²) in [7, 11) is 1.79. The Balaban J connectivity index is 3.94. The van der Waals surface area contributed by atoms with Gasteiger partial charge in [0.2, 0.25) is 0 Å². The second-order valence-electron chi connectivity index (χ2n) is 4.19. The van der Waals surface area contributed by atoms with Gasteiger partial charge in [-0.15, -0.1) is 0 Å². The second kappa shape index (κ2) is 6.39. The van der Waals surface area contributed by atoms with E-state index in [-0.39, 0.29) is 0 Å². The van der Waals surface area contributed by atoms with Gasteiger partial charge in [-0.3, -0.25) is 0 Å². The van der Waals surface area contributed by atoms with E-state index in [1.165, 1.54) is 6.42 Å². The van der Waals surface area contributed by atoms with Crippen molar-refractivity contribution in [1.29, 1.82) is 0 Å². The quantitative estimate of drug-likeness (QED) is 0.661. The SMILES string of the molecule is CCNCC(C)(CC)CC(C)OC. The molecule has 0 bridgehead atoms. The minimum atomic E-state index is 0.364. The normalized spacial score (nSPS) is 18.2. The third kappa shape index (κ3) is 5.27. The van der Waals surface area contributed by atoms with Crippen LogP contribution in [0, 0.1) is 5.41 Å². The van der Waals surface area contributed by atoms with Crippen LogP contribution in [0.1, 0.15) is 40.5 Å². The van der Waals surface area contributed by atoms with Crippen LogP contribution in [0.4, 0.5) is 0 Å². The third-order valence-electron chi connectivity index (χ3n) is 2.84. The van der Waals surface area contributed by atoms with Gasteiger partial charge in [-0.1, -0.05) is 20.8 Å². The molecule has 0 amide bonds. The molecule has 0 fully saturated rings. The van der Waals surface area contributed by atoms with E-state index in [0.29, 0.717) is 11.5 Å². The molecule has 2 unspecified atom stereocenters. The molecular weight excluding hydrogens is 162 g/mol. The van der Waals surface area contributed by atoms with Crippen molar-refractivity contribution < 1.29 is 4.74 Å². The Morgan fingerprint density at radius 3 is 2.38 bits per heavy atom. The van der Waals surface area contributed by atoms with E-state index >= 15 is 0 Å². The molecule has 0 aromatic heterocycles. The van der Waals surface area contributed by atoms with E-state index < -0.39 is 0 Å². The van der Waals surface area contributed by atoms with Crippen LogP contribution < -0.4 is 5.32 Å². The van der Waals surface area contributed by atoms with Gasteiger partial charge in [-0.2, -0.15) is 0 Å².